The summed E-state index contributed by atoms with van der Waals surface area (Å²) in [5, 5.41) is 0. The molecule has 1 aromatic carbocycles. The third kappa shape index (κ3) is 3.67. The van der Waals surface area contributed by atoms with E-state index in [2.05, 4.69) is 0 Å². The van der Waals surface area contributed by atoms with Crippen molar-refractivity contribution in [1.82, 2.24) is 9.80 Å². The minimum atomic E-state index is -0.588. The number of hydrogen-bond acceptors (Lipinski definition) is 3. The molecular formula is C19H25N3O3. The van der Waals surface area contributed by atoms with Crippen LogP contribution in [0.2, 0.25) is 0 Å². The molecule has 2 fully saturated rings. The number of benzene rings is 1. The first kappa shape index (κ1) is 17.5. The van der Waals surface area contributed by atoms with E-state index in [1.807, 2.05) is 18.2 Å². The molecule has 0 bridgehead atoms. The predicted octanol–water partition coefficient (Wildman–Crippen LogP) is 2.64. The Bertz CT molecular complexity index is 639. The lowest BCUT2D eigenvalue weighted by Crippen LogP contribution is -2.44. The molecule has 0 unspecified atom stereocenters. The molecule has 134 valence electrons. The van der Waals surface area contributed by atoms with Gasteiger partial charge in [-0.05, 0) is 31.9 Å². The molecule has 0 aliphatic carbocycles. The van der Waals surface area contributed by atoms with Gasteiger partial charge < -0.3 is 4.90 Å². The van der Waals surface area contributed by atoms with E-state index in [0.717, 1.165) is 30.6 Å². The predicted molar refractivity (Wildman–Crippen MR) is 95.2 cm³/mol. The zero-order valence-corrected chi connectivity index (χ0v) is 14.7. The Morgan fingerprint density at radius 2 is 1.60 bits per heavy atom. The highest BCUT2D eigenvalue weighted by molar-refractivity contribution is 6.15. The van der Waals surface area contributed by atoms with Gasteiger partial charge in [0.15, 0.2) is 0 Å². The summed E-state index contributed by atoms with van der Waals surface area (Å²) in [4.78, 5) is 42.2. The molecule has 25 heavy (non-hydrogen) atoms. The number of amides is 4. The first-order valence-electron chi connectivity index (χ1n) is 9.07. The summed E-state index contributed by atoms with van der Waals surface area (Å²) < 4.78 is 0. The fourth-order valence-corrected chi connectivity index (χ4v) is 3.53. The van der Waals surface area contributed by atoms with Gasteiger partial charge in [-0.3, -0.25) is 19.4 Å². The van der Waals surface area contributed by atoms with Crippen molar-refractivity contribution in [3.63, 3.8) is 0 Å². The Morgan fingerprint density at radius 1 is 1.00 bits per heavy atom. The number of hydrogen-bond donors (Lipinski definition) is 0. The lowest BCUT2D eigenvalue weighted by Gasteiger charge is -2.26. The molecule has 1 atom stereocenters. The van der Waals surface area contributed by atoms with Crippen molar-refractivity contribution in [3.8, 4) is 0 Å². The molecular weight excluding hydrogens is 318 g/mol. The number of carbonyl (C=O) groups excluding carboxylic acids is 3. The second-order valence-corrected chi connectivity index (χ2v) is 6.74. The number of anilines is 1. The van der Waals surface area contributed by atoms with Crippen LogP contribution in [-0.2, 0) is 9.59 Å². The van der Waals surface area contributed by atoms with Crippen molar-refractivity contribution in [2.45, 2.75) is 45.1 Å². The van der Waals surface area contributed by atoms with Crippen molar-refractivity contribution in [3.05, 3.63) is 30.3 Å². The Balaban J connectivity index is 1.70. The van der Waals surface area contributed by atoms with E-state index >= 15 is 0 Å². The minimum Gasteiger partial charge on any atom is -0.341 e. The van der Waals surface area contributed by atoms with Crippen molar-refractivity contribution < 1.29 is 14.4 Å². The van der Waals surface area contributed by atoms with Gasteiger partial charge in [0.25, 0.3) is 5.91 Å². The minimum absolute atomic E-state index is 0.134. The van der Waals surface area contributed by atoms with Crippen LogP contribution >= 0.6 is 0 Å². The van der Waals surface area contributed by atoms with E-state index in [4.69, 9.17) is 0 Å². The maximum Gasteiger partial charge on any atom is 0.332 e. The van der Waals surface area contributed by atoms with Gasteiger partial charge in [0, 0.05) is 18.8 Å². The molecule has 0 N–H and O–H groups in total. The van der Waals surface area contributed by atoms with Gasteiger partial charge in [0.05, 0.1) is 0 Å². The molecule has 0 spiro atoms. The molecule has 3 rings (SSSR count). The second-order valence-electron chi connectivity index (χ2n) is 6.74. The van der Waals surface area contributed by atoms with Crippen LogP contribution in [0.5, 0.6) is 0 Å². The van der Waals surface area contributed by atoms with Crippen LogP contribution < -0.4 is 4.90 Å². The van der Waals surface area contributed by atoms with Crippen LogP contribution in [0.3, 0.4) is 0 Å². The Labute approximate surface area is 148 Å². The fourth-order valence-electron chi connectivity index (χ4n) is 3.53. The lowest BCUT2D eigenvalue weighted by molar-refractivity contribution is -0.137. The summed E-state index contributed by atoms with van der Waals surface area (Å²) in [5.74, 6) is -0.444. The van der Waals surface area contributed by atoms with E-state index in [9.17, 15) is 14.4 Å². The van der Waals surface area contributed by atoms with E-state index in [1.165, 1.54) is 11.3 Å². The third-order valence-corrected chi connectivity index (χ3v) is 4.98. The van der Waals surface area contributed by atoms with Gasteiger partial charge in [-0.15, -0.1) is 0 Å². The highest BCUT2D eigenvalue weighted by atomic mass is 16.2. The summed E-state index contributed by atoms with van der Waals surface area (Å²) in [6.07, 6.45) is 5.45. The molecule has 2 heterocycles. The number of nitrogens with zero attached hydrogens (tertiary/aromatic N) is 3. The number of carbonyl (C=O) groups is 3. The first-order valence-corrected chi connectivity index (χ1v) is 9.07. The molecule has 6 nitrogen and oxygen atoms in total. The van der Waals surface area contributed by atoms with Crippen molar-refractivity contribution in [2.24, 2.45) is 0 Å². The topological polar surface area (TPSA) is 60.9 Å². The largest absolute Gasteiger partial charge is 0.341 e. The summed E-state index contributed by atoms with van der Waals surface area (Å²) in [5.41, 5.74) is 0.676. The maximum absolute atomic E-state index is 12.7. The number of likely N-dealkylation sites (tertiary alicyclic amines) is 1. The Kier molecular flexibility index (Phi) is 5.36. The van der Waals surface area contributed by atoms with Crippen LogP contribution in [0.15, 0.2) is 30.3 Å². The average molecular weight is 343 g/mol. The van der Waals surface area contributed by atoms with E-state index in [-0.39, 0.29) is 18.4 Å². The molecule has 1 aromatic rings. The maximum atomic E-state index is 12.7. The summed E-state index contributed by atoms with van der Waals surface area (Å²) in [6, 6.07) is 8.11. The Morgan fingerprint density at radius 3 is 2.24 bits per heavy atom. The molecule has 4 amide bonds. The smallest absolute Gasteiger partial charge is 0.332 e. The molecule has 2 aliphatic rings. The van der Waals surface area contributed by atoms with Gasteiger partial charge in [-0.1, -0.05) is 37.5 Å². The average Bonchev–Trinajstić information content (AvgIpc) is 2.79. The summed E-state index contributed by atoms with van der Waals surface area (Å²) in [7, 11) is 0. The van der Waals surface area contributed by atoms with Gasteiger partial charge in [-0.25, -0.2) is 4.79 Å². The molecule has 6 heteroatoms. The van der Waals surface area contributed by atoms with Crippen molar-refractivity contribution >= 4 is 23.5 Å². The second kappa shape index (κ2) is 7.68. The molecule has 0 saturated carbocycles. The Hall–Kier alpha value is -2.37. The van der Waals surface area contributed by atoms with Crippen LogP contribution in [-0.4, -0.2) is 53.3 Å². The van der Waals surface area contributed by atoms with Crippen LogP contribution in [0.25, 0.3) is 0 Å². The fraction of sp³-hybridized carbons (Fsp3) is 0.526. The highest BCUT2D eigenvalue weighted by Crippen LogP contribution is 2.25. The monoisotopic (exact) mass is 343 g/mol. The molecule has 2 aliphatic heterocycles. The van der Waals surface area contributed by atoms with E-state index in [0.29, 0.717) is 18.8 Å². The quantitative estimate of drug-likeness (QED) is 0.793. The van der Waals surface area contributed by atoms with E-state index < -0.39 is 12.1 Å². The number of urea groups is 1. The third-order valence-electron chi connectivity index (χ3n) is 4.98. The van der Waals surface area contributed by atoms with Crippen molar-refractivity contribution in [2.75, 3.05) is 24.5 Å². The molecule has 0 aromatic heterocycles. The van der Waals surface area contributed by atoms with Crippen LogP contribution in [0.4, 0.5) is 10.5 Å². The standard InChI is InChI=1S/C19H25N3O3/c1-15-18(24)21(19(25)22(15)16-10-6-5-7-11-16)14-17(23)20-12-8-3-2-4-9-13-20/h5-7,10-11,15H,2-4,8-9,12-14H2,1H3/t15-/m1/s1. The number of imide groups is 1. The van der Waals surface area contributed by atoms with Crippen LogP contribution in [0.1, 0.15) is 39.0 Å². The number of para-hydroxylation sites is 1. The first-order chi connectivity index (χ1) is 12.1. The summed E-state index contributed by atoms with van der Waals surface area (Å²) >= 11 is 0. The lowest BCUT2D eigenvalue weighted by atomic mass is 10.1. The van der Waals surface area contributed by atoms with E-state index in [1.54, 1.807) is 24.0 Å². The molecule has 2 saturated heterocycles. The zero-order chi connectivity index (χ0) is 17.8. The highest BCUT2D eigenvalue weighted by Gasteiger charge is 2.44. The van der Waals surface area contributed by atoms with Gasteiger partial charge >= 0.3 is 6.03 Å². The van der Waals surface area contributed by atoms with Gasteiger partial charge in [-0.2, -0.15) is 0 Å². The SMILES string of the molecule is C[C@@H]1C(=O)N(CC(=O)N2CCCCCCC2)C(=O)N1c1ccccc1. The van der Waals surface area contributed by atoms with Gasteiger partial charge in [0.1, 0.15) is 12.6 Å². The number of rotatable bonds is 3. The zero-order valence-electron chi connectivity index (χ0n) is 14.7. The normalized spacial score (nSPS) is 22.1. The van der Waals surface area contributed by atoms with Crippen molar-refractivity contribution in [1.29, 1.82) is 0 Å². The molecule has 0 radical (unpaired) electrons. The summed E-state index contributed by atoms with van der Waals surface area (Å²) in [6.45, 7) is 2.97. The van der Waals surface area contributed by atoms with Crippen LogP contribution in [0, 0.1) is 0 Å². The van der Waals surface area contributed by atoms with Gasteiger partial charge in [0.2, 0.25) is 5.91 Å².